The van der Waals surface area contributed by atoms with Crippen molar-refractivity contribution >= 4 is 5.82 Å². The third-order valence-electron chi connectivity index (χ3n) is 5.87. The van der Waals surface area contributed by atoms with Crippen molar-refractivity contribution in [3.05, 3.63) is 71.9 Å². The summed E-state index contributed by atoms with van der Waals surface area (Å²) < 4.78 is 11.6. The molecule has 1 aliphatic heterocycles. The highest BCUT2D eigenvalue weighted by atomic mass is 16.5. The van der Waals surface area contributed by atoms with Crippen LogP contribution in [0.3, 0.4) is 0 Å². The summed E-state index contributed by atoms with van der Waals surface area (Å²) in [5.74, 6) is 3.17. The summed E-state index contributed by atoms with van der Waals surface area (Å²) in [6.45, 7) is 4.90. The molecule has 2 aromatic heterocycles. The SMILES string of the molecule is COc1ccc(Cc2nccc(N(C)Cc3ccccn3)n2)cc1OCCCN1CCCC1. The van der Waals surface area contributed by atoms with Gasteiger partial charge in [-0.2, -0.15) is 0 Å². The van der Waals surface area contributed by atoms with Gasteiger partial charge in [0.2, 0.25) is 0 Å². The van der Waals surface area contributed by atoms with Gasteiger partial charge in [-0.1, -0.05) is 12.1 Å². The number of rotatable bonds is 11. The maximum atomic E-state index is 6.09. The molecule has 3 heterocycles. The fourth-order valence-corrected chi connectivity index (χ4v) is 4.10. The van der Waals surface area contributed by atoms with Gasteiger partial charge in [0.25, 0.3) is 0 Å². The summed E-state index contributed by atoms with van der Waals surface area (Å²) in [4.78, 5) is 18.2. The lowest BCUT2D eigenvalue weighted by molar-refractivity contribution is 0.254. The Kier molecular flexibility index (Phi) is 8.09. The predicted molar refractivity (Wildman–Crippen MR) is 130 cm³/mol. The molecule has 7 heteroatoms. The number of methoxy groups -OCH3 is 1. The standard InChI is InChI=1S/C26H33N5O2/c1-30(20-22-8-3-4-12-27-22)26-11-13-28-25(29-26)19-21-9-10-23(32-2)24(18-21)33-17-7-16-31-14-5-6-15-31/h3-4,8-13,18H,5-7,14-17,19-20H2,1-2H3. The van der Waals surface area contributed by atoms with Crippen molar-refractivity contribution in [2.45, 2.75) is 32.2 Å². The van der Waals surface area contributed by atoms with Crippen LogP contribution in [0.2, 0.25) is 0 Å². The minimum absolute atomic E-state index is 0.624. The predicted octanol–water partition coefficient (Wildman–Crippen LogP) is 3.97. The van der Waals surface area contributed by atoms with E-state index in [2.05, 4.69) is 19.8 Å². The van der Waals surface area contributed by atoms with Gasteiger partial charge in [-0.05, 0) is 68.2 Å². The minimum Gasteiger partial charge on any atom is -0.493 e. The molecular formula is C26H33N5O2. The van der Waals surface area contributed by atoms with E-state index in [4.69, 9.17) is 14.5 Å². The largest absolute Gasteiger partial charge is 0.493 e. The van der Waals surface area contributed by atoms with Gasteiger partial charge < -0.3 is 19.3 Å². The van der Waals surface area contributed by atoms with E-state index in [0.29, 0.717) is 19.6 Å². The van der Waals surface area contributed by atoms with Gasteiger partial charge >= 0.3 is 0 Å². The molecule has 3 aromatic rings. The van der Waals surface area contributed by atoms with Crippen LogP contribution in [0.15, 0.2) is 54.9 Å². The molecule has 174 valence electrons. The molecular weight excluding hydrogens is 414 g/mol. The van der Waals surface area contributed by atoms with Gasteiger partial charge in [-0.3, -0.25) is 4.98 Å². The lowest BCUT2D eigenvalue weighted by Gasteiger charge is -2.18. The quantitative estimate of drug-likeness (QED) is 0.412. The fraction of sp³-hybridized carbons (Fsp3) is 0.423. The maximum absolute atomic E-state index is 6.09. The number of aromatic nitrogens is 3. The van der Waals surface area contributed by atoms with Crippen molar-refractivity contribution in [3.63, 3.8) is 0 Å². The van der Waals surface area contributed by atoms with Crippen molar-refractivity contribution < 1.29 is 9.47 Å². The van der Waals surface area contributed by atoms with Crippen LogP contribution in [0.4, 0.5) is 5.82 Å². The zero-order chi connectivity index (χ0) is 22.9. The number of likely N-dealkylation sites (tertiary alicyclic amines) is 1. The molecule has 0 aliphatic carbocycles. The van der Waals surface area contributed by atoms with Crippen LogP contribution >= 0.6 is 0 Å². The van der Waals surface area contributed by atoms with Crippen molar-refractivity contribution in [1.29, 1.82) is 0 Å². The van der Waals surface area contributed by atoms with Gasteiger partial charge in [0.1, 0.15) is 11.6 Å². The van der Waals surface area contributed by atoms with E-state index in [1.54, 1.807) is 7.11 Å². The molecule has 0 atom stereocenters. The first-order valence-electron chi connectivity index (χ1n) is 11.7. The lowest BCUT2D eigenvalue weighted by atomic mass is 10.1. The highest BCUT2D eigenvalue weighted by Crippen LogP contribution is 2.29. The van der Waals surface area contributed by atoms with Crippen LogP contribution in [0.5, 0.6) is 11.5 Å². The number of hydrogen-bond donors (Lipinski definition) is 0. The zero-order valence-corrected chi connectivity index (χ0v) is 19.6. The summed E-state index contributed by atoms with van der Waals surface area (Å²) in [5, 5.41) is 0. The molecule has 0 spiro atoms. The highest BCUT2D eigenvalue weighted by molar-refractivity contribution is 5.44. The second kappa shape index (κ2) is 11.6. The number of anilines is 1. The lowest BCUT2D eigenvalue weighted by Crippen LogP contribution is -2.22. The second-order valence-electron chi connectivity index (χ2n) is 8.42. The van der Waals surface area contributed by atoms with E-state index in [1.165, 1.54) is 25.9 Å². The van der Waals surface area contributed by atoms with E-state index in [9.17, 15) is 0 Å². The van der Waals surface area contributed by atoms with E-state index >= 15 is 0 Å². The number of nitrogens with zero attached hydrogens (tertiary/aromatic N) is 5. The molecule has 0 N–H and O–H groups in total. The molecule has 33 heavy (non-hydrogen) atoms. The first kappa shape index (κ1) is 23.0. The average molecular weight is 448 g/mol. The van der Waals surface area contributed by atoms with E-state index in [-0.39, 0.29) is 0 Å². The Hall–Kier alpha value is -3.19. The topological polar surface area (TPSA) is 63.6 Å². The molecule has 0 amide bonds. The molecule has 1 aromatic carbocycles. The molecule has 0 unspecified atom stereocenters. The maximum Gasteiger partial charge on any atom is 0.161 e. The summed E-state index contributed by atoms with van der Waals surface area (Å²) in [6.07, 6.45) is 7.90. The first-order chi connectivity index (χ1) is 16.2. The summed E-state index contributed by atoms with van der Waals surface area (Å²) in [5.41, 5.74) is 2.09. The van der Waals surface area contributed by atoms with Gasteiger partial charge in [0.15, 0.2) is 11.5 Å². The van der Waals surface area contributed by atoms with Crippen LogP contribution in [-0.4, -0.2) is 60.3 Å². The molecule has 7 nitrogen and oxygen atoms in total. The van der Waals surface area contributed by atoms with Crippen LogP contribution in [0.25, 0.3) is 0 Å². The van der Waals surface area contributed by atoms with Crippen LogP contribution in [0, 0.1) is 0 Å². The monoisotopic (exact) mass is 447 g/mol. The van der Waals surface area contributed by atoms with E-state index in [1.807, 2.05) is 61.9 Å². The molecule has 1 saturated heterocycles. The number of pyridine rings is 1. The Morgan fingerprint density at radius 1 is 1.00 bits per heavy atom. The van der Waals surface area contributed by atoms with Gasteiger partial charge in [-0.15, -0.1) is 0 Å². The molecule has 0 saturated carbocycles. The molecule has 0 bridgehead atoms. The number of hydrogen-bond acceptors (Lipinski definition) is 7. The zero-order valence-electron chi connectivity index (χ0n) is 19.6. The third kappa shape index (κ3) is 6.65. The van der Waals surface area contributed by atoms with Crippen LogP contribution < -0.4 is 14.4 Å². The van der Waals surface area contributed by atoms with Crippen LogP contribution in [-0.2, 0) is 13.0 Å². The van der Waals surface area contributed by atoms with Gasteiger partial charge in [0.05, 0.1) is 26.0 Å². The van der Waals surface area contributed by atoms with Crippen molar-refractivity contribution in [3.8, 4) is 11.5 Å². The third-order valence-corrected chi connectivity index (χ3v) is 5.87. The summed E-state index contributed by atoms with van der Waals surface area (Å²) in [6, 6.07) is 13.9. The number of benzene rings is 1. The van der Waals surface area contributed by atoms with Crippen molar-refractivity contribution in [2.75, 3.05) is 45.3 Å². The van der Waals surface area contributed by atoms with Crippen LogP contribution in [0.1, 0.15) is 36.3 Å². The molecule has 0 radical (unpaired) electrons. The normalized spacial score (nSPS) is 13.8. The first-order valence-corrected chi connectivity index (χ1v) is 11.7. The molecule has 1 fully saturated rings. The molecule has 1 aliphatic rings. The smallest absolute Gasteiger partial charge is 0.161 e. The summed E-state index contributed by atoms with van der Waals surface area (Å²) >= 11 is 0. The van der Waals surface area contributed by atoms with Crippen molar-refractivity contribution in [2.24, 2.45) is 0 Å². The second-order valence-corrected chi connectivity index (χ2v) is 8.42. The Labute approximate surface area is 196 Å². The molecule has 4 rings (SSSR count). The van der Waals surface area contributed by atoms with Gasteiger partial charge in [0, 0.05) is 32.4 Å². The number of ether oxygens (including phenoxy) is 2. The fourth-order valence-electron chi connectivity index (χ4n) is 4.10. The van der Waals surface area contributed by atoms with Gasteiger partial charge in [-0.25, -0.2) is 9.97 Å². The van der Waals surface area contributed by atoms with Crippen molar-refractivity contribution in [1.82, 2.24) is 19.9 Å². The van der Waals surface area contributed by atoms with E-state index in [0.717, 1.165) is 47.4 Å². The Bertz CT molecular complexity index is 1010. The Morgan fingerprint density at radius 2 is 1.88 bits per heavy atom. The Balaban J connectivity index is 1.37. The highest BCUT2D eigenvalue weighted by Gasteiger charge is 2.12. The van der Waals surface area contributed by atoms with E-state index < -0.39 is 0 Å². The minimum atomic E-state index is 0.624. The average Bonchev–Trinajstić information content (AvgIpc) is 3.36. The Morgan fingerprint density at radius 3 is 2.67 bits per heavy atom. The summed E-state index contributed by atoms with van der Waals surface area (Å²) in [7, 11) is 3.69.